The standard InChI is InChI=1S/C15H12N2O/c16-17-15(18)14-7-3-6-12-11-5-2-1-4-10(11)8-9-13(12)14/h1-9H,16H2,(H,17,18). The quantitative estimate of drug-likeness (QED) is 0.295. The number of hydrogen-bond acceptors (Lipinski definition) is 2. The summed E-state index contributed by atoms with van der Waals surface area (Å²) >= 11 is 0. The van der Waals surface area contributed by atoms with Gasteiger partial charge in [0.2, 0.25) is 0 Å². The van der Waals surface area contributed by atoms with Crippen LogP contribution in [0.25, 0.3) is 21.5 Å². The summed E-state index contributed by atoms with van der Waals surface area (Å²) < 4.78 is 0. The molecule has 88 valence electrons. The SMILES string of the molecule is NNC(=O)c1cccc2c1ccc1ccccc12. The molecule has 0 radical (unpaired) electrons. The minimum Gasteiger partial charge on any atom is -0.290 e. The minimum atomic E-state index is -0.268. The lowest BCUT2D eigenvalue weighted by atomic mass is 9.98. The van der Waals surface area contributed by atoms with Crippen LogP contribution >= 0.6 is 0 Å². The van der Waals surface area contributed by atoms with Crippen LogP contribution in [0.2, 0.25) is 0 Å². The molecule has 3 nitrogen and oxygen atoms in total. The number of rotatable bonds is 1. The van der Waals surface area contributed by atoms with E-state index in [4.69, 9.17) is 5.84 Å². The molecule has 0 aliphatic heterocycles. The van der Waals surface area contributed by atoms with Crippen LogP contribution in [-0.2, 0) is 0 Å². The van der Waals surface area contributed by atoms with E-state index in [0.717, 1.165) is 21.5 Å². The highest BCUT2D eigenvalue weighted by molar-refractivity contribution is 6.15. The molecule has 0 aliphatic carbocycles. The number of fused-ring (bicyclic) bond motifs is 3. The topological polar surface area (TPSA) is 55.1 Å². The van der Waals surface area contributed by atoms with Gasteiger partial charge >= 0.3 is 0 Å². The van der Waals surface area contributed by atoms with E-state index in [1.807, 2.05) is 36.4 Å². The van der Waals surface area contributed by atoms with Crippen molar-refractivity contribution < 1.29 is 4.79 Å². The Morgan fingerprint density at radius 1 is 0.833 bits per heavy atom. The van der Waals surface area contributed by atoms with E-state index in [9.17, 15) is 4.79 Å². The smallest absolute Gasteiger partial charge is 0.265 e. The van der Waals surface area contributed by atoms with Crippen LogP contribution in [0.4, 0.5) is 0 Å². The maximum absolute atomic E-state index is 11.7. The van der Waals surface area contributed by atoms with Crippen LogP contribution in [0.3, 0.4) is 0 Å². The Kier molecular flexibility index (Phi) is 2.46. The fraction of sp³-hybridized carbons (Fsp3) is 0. The van der Waals surface area contributed by atoms with Gasteiger partial charge in [0.15, 0.2) is 0 Å². The Labute approximate surface area is 104 Å². The third-order valence-electron chi connectivity index (χ3n) is 3.16. The molecular weight excluding hydrogens is 224 g/mol. The molecule has 0 saturated heterocycles. The Balaban J connectivity index is 2.43. The lowest BCUT2D eigenvalue weighted by Gasteiger charge is -2.07. The molecule has 3 aromatic carbocycles. The summed E-state index contributed by atoms with van der Waals surface area (Å²) in [7, 11) is 0. The number of carbonyl (C=O) groups is 1. The fourth-order valence-electron chi connectivity index (χ4n) is 2.32. The third kappa shape index (κ3) is 1.53. The Morgan fingerprint density at radius 3 is 2.44 bits per heavy atom. The van der Waals surface area contributed by atoms with Gasteiger partial charge in [-0.05, 0) is 27.6 Å². The van der Waals surface area contributed by atoms with Crippen molar-refractivity contribution >= 4 is 27.5 Å². The van der Waals surface area contributed by atoms with Crippen molar-refractivity contribution in [2.75, 3.05) is 0 Å². The van der Waals surface area contributed by atoms with Gasteiger partial charge in [-0.25, -0.2) is 5.84 Å². The van der Waals surface area contributed by atoms with Crippen LogP contribution < -0.4 is 11.3 Å². The van der Waals surface area contributed by atoms with E-state index < -0.39 is 0 Å². The van der Waals surface area contributed by atoms with Crippen molar-refractivity contribution in [3.05, 3.63) is 60.2 Å². The Morgan fingerprint density at radius 2 is 1.61 bits per heavy atom. The second kappa shape index (κ2) is 4.13. The van der Waals surface area contributed by atoms with E-state index in [1.54, 1.807) is 6.07 Å². The minimum absolute atomic E-state index is 0.268. The highest BCUT2D eigenvalue weighted by atomic mass is 16.2. The molecule has 0 aliphatic rings. The summed E-state index contributed by atoms with van der Waals surface area (Å²) in [6, 6.07) is 17.8. The fourth-order valence-corrected chi connectivity index (χ4v) is 2.32. The van der Waals surface area contributed by atoms with Crippen LogP contribution in [0.15, 0.2) is 54.6 Å². The number of nitrogen functional groups attached to an aromatic ring is 1. The number of hydrazine groups is 1. The van der Waals surface area contributed by atoms with E-state index in [1.165, 1.54) is 0 Å². The van der Waals surface area contributed by atoms with Gasteiger partial charge in [0, 0.05) is 5.56 Å². The van der Waals surface area contributed by atoms with Crippen molar-refractivity contribution in [1.29, 1.82) is 0 Å². The lowest BCUT2D eigenvalue weighted by Crippen LogP contribution is -2.30. The molecule has 3 N–H and O–H groups in total. The number of amides is 1. The summed E-state index contributed by atoms with van der Waals surface area (Å²) in [5.74, 6) is 4.94. The van der Waals surface area contributed by atoms with Crippen molar-refractivity contribution in [2.45, 2.75) is 0 Å². The zero-order valence-corrected chi connectivity index (χ0v) is 9.68. The van der Waals surface area contributed by atoms with Crippen LogP contribution in [-0.4, -0.2) is 5.91 Å². The molecule has 0 atom stereocenters. The molecule has 18 heavy (non-hydrogen) atoms. The second-order valence-corrected chi connectivity index (χ2v) is 4.16. The summed E-state index contributed by atoms with van der Waals surface area (Å²) in [5.41, 5.74) is 2.78. The maximum Gasteiger partial charge on any atom is 0.265 e. The van der Waals surface area contributed by atoms with Crippen LogP contribution in [0, 0.1) is 0 Å². The van der Waals surface area contributed by atoms with Gasteiger partial charge in [-0.1, -0.05) is 48.5 Å². The summed E-state index contributed by atoms with van der Waals surface area (Å²) in [4.78, 5) is 11.7. The Hall–Kier alpha value is -2.39. The molecule has 0 fully saturated rings. The van der Waals surface area contributed by atoms with Crippen molar-refractivity contribution in [3.8, 4) is 0 Å². The van der Waals surface area contributed by atoms with E-state index >= 15 is 0 Å². The molecule has 0 spiro atoms. The lowest BCUT2D eigenvalue weighted by molar-refractivity contribution is 0.0955. The predicted molar refractivity (Wildman–Crippen MR) is 73.1 cm³/mol. The zero-order chi connectivity index (χ0) is 12.5. The molecule has 1 amide bonds. The number of nitrogens with two attached hydrogens (primary N) is 1. The molecule has 3 heteroatoms. The van der Waals surface area contributed by atoms with Gasteiger partial charge in [-0.15, -0.1) is 0 Å². The van der Waals surface area contributed by atoms with Crippen molar-refractivity contribution in [3.63, 3.8) is 0 Å². The molecule has 0 saturated carbocycles. The summed E-state index contributed by atoms with van der Waals surface area (Å²) in [6.07, 6.45) is 0. The Bertz CT molecular complexity index is 750. The summed E-state index contributed by atoms with van der Waals surface area (Å²) in [6.45, 7) is 0. The number of carbonyl (C=O) groups excluding carboxylic acids is 1. The molecule has 0 aromatic heterocycles. The maximum atomic E-state index is 11.7. The number of hydrogen-bond donors (Lipinski definition) is 2. The largest absolute Gasteiger partial charge is 0.290 e. The predicted octanol–water partition coefficient (Wildman–Crippen LogP) is 2.60. The first-order chi connectivity index (χ1) is 8.81. The second-order valence-electron chi connectivity index (χ2n) is 4.16. The summed E-state index contributed by atoms with van der Waals surface area (Å²) in [5, 5.41) is 4.28. The van der Waals surface area contributed by atoms with E-state index in [0.29, 0.717) is 5.56 Å². The molecule has 3 aromatic rings. The molecular formula is C15H12N2O. The molecule has 3 rings (SSSR count). The van der Waals surface area contributed by atoms with Crippen molar-refractivity contribution in [1.82, 2.24) is 5.43 Å². The third-order valence-corrected chi connectivity index (χ3v) is 3.16. The highest BCUT2D eigenvalue weighted by Gasteiger charge is 2.09. The number of benzene rings is 3. The first kappa shape index (κ1) is 10.7. The highest BCUT2D eigenvalue weighted by Crippen LogP contribution is 2.27. The van der Waals surface area contributed by atoms with Gasteiger partial charge in [0.05, 0.1) is 0 Å². The van der Waals surface area contributed by atoms with E-state index in [-0.39, 0.29) is 5.91 Å². The average molecular weight is 236 g/mol. The molecule has 0 heterocycles. The van der Waals surface area contributed by atoms with Crippen LogP contribution in [0.5, 0.6) is 0 Å². The monoisotopic (exact) mass is 236 g/mol. The molecule has 0 unspecified atom stereocenters. The van der Waals surface area contributed by atoms with Gasteiger partial charge < -0.3 is 0 Å². The van der Waals surface area contributed by atoms with Crippen LogP contribution in [0.1, 0.15) is 10.4 Å². The zero-order valence-electron chi connectivity index (χ0n) is 9.68. The van der Waals surface area contributed by atoms with Gasteiger partial charge in [0.25, 0.3) is 5.91 Å². The average Bonchev–Trinajstić information content (AvgIpc) is 2.45. The van der Waals surface area contributed by atoms with Gasteiger partial charge in [0.1, 0.15) is 0 Å². The van der Waals surface area contributed by atoms with Crippen molar-refractivity contribution in [2.24, 2.45) is 5.84 Å². The van der Waals surface area contributed by atoms with Gasteiger partial charge in [-0.3, -0.25) is 10.2 Å². The normalized spacial score (nSPS) is 10.7. The first-order valence-corrected chi connectivity index (χ1v) is 5.72. The van der Waals surface area contributed by atoms with E-state index in [2.05, 4.69) is 17.6 Å². The first-order valence-electron chi connectivity index (χ1n) is 5.72. The number of nitrogens with one attached hydrogen (secondary N) is 1. The molecule has 0 bridgehead atoms. The van der Waals surface area contributed by atoms with Gasteiger partial charge in [-0.2, -0.15) is 0 Å².